The lowest BCUT2D eigenvalue weighted by Crippen LogP contribution is -2.45. The molecular weight excluding hydrogens is 337 g/mol. The molecule has 0 aromatic heterocycles. The van der Waals surface area contributed by atoms with Crippen LogP contribution < -0.4 is 5.32 Å². The van der Waals surface area contributed by atoms with Gasteiger partial charge in [0.1, 0.15) is 0 Å². The molecule has 4 nitrogen and oxygen atoms in total. The highest BCUT2D eigenvalue weighted by atomic mass is 35.5. The van der Waals surface area contributed by atoms with E-state index in [0.29, 0.717) is 11.8 Å². The molecule has 1 amide bonds. The normalized spacial score (nSPS) is 24.1. The number of rotatable bonds is 4. The van der Waals surface area contributed by atoms with Gasteiger partial charge in [0, 0.05) is 6.04 Å². The maximum atomic E-state index is 12.0. The van der Waals surface area contributed by atoms with E-state index in [9.17, 15) is 9.59 Å². The topological polar surface area (TPSA) is 55.4 Å². The Balaban J connectivity index is 1.86. The molecule has 1 aromatic carbocycles. The largest absolute Gasteiger partial charge is 0.452 e. The summed E-state index contributed by atoms with van der Waals surface area (Å²) >= 11 is 11.8. The first kappa shape index (κ1) is 18.1. The Morgan fingerprint density at radius 3 is 2.74 bits per heavy atom. The number of nitrogens with one attached hydrogen (secondary N) is 1. The predicted octanol–water partition coefficient (Wildman–Crippen LogP) is 4.09. The fourth-order valence-corrected chi connectivity index (χ4v) is 3.28. The van der Waals surface area contributed by atoms with Crippen molar-refractivity contribution in [3.63, 3.8) is 0 Å². The van der Waals surface area contributed by atoms with E-state index in [1.165, 1.54) is 12.5 Å². The molecule has 126 valence electrons. The summed E-state index contributed by atoms with van der Waals surface area (Å²) in [5.41, 5.74) is 0.159. The number of hydrogen-bond acceptors (Lipinski definition) is 3. The zero-order valence-electron chi connectivity index (χ0n) is 13.3. The number of benzene rings is 1. The van der Waals surface area contributed by atoms with E-state index in [2.05, 4.69) is 19.2 Å². The maximum absolute atomic E-state index is 12.0. The molecule has 0 bridgehead atoms. The van der Waals surface area contributed by atoms with Gasteiger partial charge in [-0.25, -0.2) is 4.79 Å². The van der Waals surface area contributed by atoms with E-state index >= 15 is 0 Å². The van der Waals surface area contributed by atoms with Crippen LogP contribution >= 0.6 is 23.2 Å². The number of esters is 1. The van der Waals surface area contributed by atoms with E-state index in [1.807, 2.05) is 0 Å². The Labute approximate surface area is 146 Å². The Kier molecular flexibility index (Phi) is 6.31. The molecule has 0 aliphatic heterocycles. The van der Waals surface area contributed by atoms with E-state index in [1.54, 1.807) is 12.1 Å². The van der Waals surface area contributed by atoms with Gasteiger partial charge >= 0.3 is 5.97 Å². The van der Waals surface area contributed by atoms with E-state index in [0.717, 1.165) is 12.8 Å². The van der Waals surface area contributed by atoms with Crippen LogP contribution in [0.1, 0.15) is 43.5 Å². The molecule has 1 aliphatic rings. The van der Waals surface area contributed by atoms with E-state index < -0.39 is 5.97 Å². The number of carbonyl (C=O) groups is 2. The summed E-state index contributed by atoms with van der Waals surface area (Å²) in [6.07, 6.45) is 3.26. The van der Waals surface area contributed by atoms with Crippen molar-refractivity contribution < 1.29 is 14.3 Å². The lowest BCUT2D eigenvalue weighted by atomic mass is 9.78. The third-order valence-electron chi connectivity index (χ3n) is 4.56. The summed E-state index contributed by atoms with van der Waals surface area (Å²) in [6.45, 7) is 4.02. The fourth-order valence-electron chi connectivity index (χ4n) is 2.90. The molecule has 2 rings (SSSR count). The van der Waals surface area contributed by atoms with Crippen LogP contribution in [0, 0.1) is 11.8 Å². The summed E-state index contributed by atoms with van der Waals surface area (Å²) < 4.78 is 5.04. The molecule has 0 saturated heterocycles. The zero-order valence-corrected chi connectivity index (χ0v) is 14.8. The average molecular weight is 358 g/mol. The van der Waals surface area contributed by atoms with E-state index in [4.69, 9.17) is 27.9 Å². The Morgan fingerprint density at radius 2 is 2.00 bits per heavy atom. The molecule has 23 heavy (non-hydrogen) atoms. The van der Waals surface area contributed by atoms with Crippen molar-refractivity contribution in [1.82, 2.24) is 5.32 Å². The standard InChI is InChI=1S/C17H21Cl2NO3/c1-10-5-3-8-14(11(10)2)20-15(21)9-23-17(22)12-6-4-7-13(18)16(12)19/h4,6-7,10-11,14H,3,5,8-9H2,1-2H3,(H,20,21)/t10-,11+,14-/m1/s1. The van der Waals surface area contributed by atoms with Crippen molar-refractivity contribution >= 4 is 35.1 Å². The lowest BCUT2D eigenvalue weighted by molar-refractivity contribution is -0.125. The number of halogens is 2. The molecule has 0 spiro atoms. The van der Waals surface area contributed by atoms with Crippen molar-refractivity contribution in [2.24, 2.45) is 11.8 Å². The summed E-state index contributed by atoms with van der Waals surface area (Å²) in [6, 6.07) is 4.84. The smallest absolute Gasteiger partial charge is 0.340 e. The summed E-state index contributed by atoms with van der Waals surface area (Å²) in [7, 11) is 0. The monoisotopic (exact) mass is 357 g/mol. The van der Waals surface area contributed by atoms with Crippen molar-refractivity contribution in [3.05, 3.63) is 33.8 Å². The number of amides is 1. The van der Waals surface area contributed by atoms with Crippen LogP contribution in [0.4, 0.5) is 0 Å². The third kappa shape index (κ3) is 4.61. The van der Waals surface area contributed by atoms with Crippen molar-refractivity contribution in [3.8, 4) is 0 Å². The highest BCUT2D eigenvalue weighted by Gasteiger charge is 2.28. The van der Waals surface area contributed by atoms with Crippen LogP contribution in [0.2, 0.25) is 10.0 Å². The Bertz CT molecular complexity index is 591. The van der Waals surface area contributed by atoms with Crippen molar-refractivity contribution in [2.45, 2.75) is 39.2 Å². The van der Waals surface area contributed by atoms with Gasteiger partial charge < -0.3 is 10.1 Å². The van der Waals surface area contributed by atoms with Gasteiger partial charge in [0.15, 0.2) is 6.61 Å². The Morgan fingerprint density at radius 1 is 1.26 bits per heavy atom. The van der Waals surface area contributed by atoms with Crippen LogP contribution in [-0.4, -0.2) is 24.5 Å². The average Bonchev–Trinajstić information content (AvgIpc) is 2.52. The first-order valence-corrected chi connectivity index (χ1v) is 8.56. The van der Waals surface area contributed by atoms with Crippen molar-refractivity contribution in [2.75, 3.05) is 6.61 Å². The molecule has 1 fully saturated rings. The van der Waals surface area contributed by atoms with Crippen LogP contribution in [0.15, 0.2) is 18.2 Å². The predicted molar refractivity (Wildman–Crippen MR) is 90.9 cm³/mol. The van der Waals surface area contributed by atoms with E-state index in [-0.39, 0.29) is 34.2 Å². The third-order valence-corrected chi connectivity index (χ3v) is 5.38. The molecule has 1 aromatic rings. The first-order chi connectivity index (χ1) is 10.9. The molecule has 6 heteroatoms. The SMILES string of the molecule is C[C@H]1[C@H](C)CCC[C@H]1NC(=O)COC(=O)c1cccc(Cl)c1Cl. The molecular formula is C17H21Cl2NO3. The van der Waals surface area contributed by atoms with Gasteiger partial charge in [-0.05, 0) is 30.4 Å². The molecule has 0 radical (unpaired) electrons. The number of ether oxygens (including phenoxy) is 1. The highest BCUT2D eigenvalue weighted by Crippen LogP contribution is 2.29. The minimum absolute atomic E-state index is 0.134. The zero-order chi connectivity index (χ0) is 17.0. The van der Waals surface area contributed by atoms with Crippen LogP contribution in [-0.2, 0) is 9.53 Å². The molecule has 3 atom stereocenters. The minimum atomic E-state index is -0.655. The lowest BCUT2D eigenvalue weighted by Gasteiger charge is -2.34. The summed E-state index contributed by atoms with van der Waals surface area (Å²) in [4.78, 5) is 24.0. The molecule has 1 aliphatic carbocycles. The van der Waals surface area contributed by atoms with Crippen molar-refractivity contribution in [1.29, 1.82) is 0 Å². The van der Waals surface area contributed by atoms with Gasteiger partial charge in [-0.15, -0.1) is 0 Å². The minimum Gasteiger partial charge on any atom is -0.452 e. The molecule has 1 saturated carbocycles. The highest BCUT2D eigenvalue weighted by molar-refractivity contribution is 6.43. The first-order valence-electron chi connectivity index (χ1n) is 7.80. The van der Waals surface area contributed by atoms with Crippen LogP contribution in [0.5, 0.6) is 0 Å². The second-order valence-corrected chi connectivity index (χ2v) is 6.90. The second kappa shape index (κ2) is 8.02. The summed E-state index contributed by atoms with van der Waals surface area (Å²) in [5, 5.41) is 3.36. The summed E-state index contributed by atoms with van der Waals surface area (Å²) in [5.74, 6) is 0.0628. The Hall–Kier alpha value is -1.26. The second-order valence-electron chi connectivity index (χ2n) is 6.12. The molecule has 0 heterocycles. The fraction of sp³-hybridized carbons (Fsp3) is 0.529. The van der Waals surface area contributed by atoms with Gasteiger partial charge in [0.2, 0.25) is 0 Å². The number of hydrogen-bond donors (Lipinski definition) is 1. The number of carbonyl (C=O) groups excluding carboxylic acids is 2. The van der Waals surface area contributed by atoms with Gasteiger partial charge in [0.05, 0.1) is 15.6 Å². The van der Waals surface area contributed by atoms with Gasteiger partial charge in [0.25, 0.3) is 5.91 Å². The maximum Gasteiger partial charge on any atom is 0.340 e. The van der Waals surface area contributed by atoms with Gasteiger partial charge in [-0.2, -0.15) is 0 Å². The van der Waals surface area contributed by atoms with Gasteiger partial charge in [-0.3, -0.25) is 4.79 Å². The molecule has 1 N–H and O–H groups in total. The quantitative estimate of drug-likeness (QED) is 0.825. The van der Waals surface area contributed by atoms with Gasteiger partial charge in [-0.1, -0.05) is 56.0 Å². The molecule has 0 unspecified atom stereocenters. The van der Waals surface area contributed by atoms with Crippen LogP contribution in [0.3, 0.4) is 0 Å². The van der Waals surface area contributed by atoms with Crippen LogP contribution in [0.25, 0.3) is 0 Å².